The molecule has 2 aromatic rings. The van der Waals surface area contributed by atoms with Crippen molar-refractivity contribution in [1.29, 1.82) is 0 Å². The van der Waals surface area contributed by atoms with E-state index in [0.717, 1.165) is 9.90 Å². The number of nitrogens with zero attached hydrogens (tertiary/aromatic N) is 3. The highest BCUT2D eigenvalue weighted by Gasteiger charge is 2.14. The summed E-state index contributed by atoms with van der Waals surface area (Å²) in [4.78, 5) is 21.2. The number of nitro benzene ring substituents is 1. The van der Waals surface area contributed by atoms with Crippen molar-refractivity contribution >= 4 is 46.5 Å². The molecule has 22 heavy (non-hydrogen) atoms. The number of aromatic nitrogens is 2. The highest BCUT2D eigenvalue weighted by atomic mass is 32.2. The van der Waals surface area contributed by atoms with Crippen LogP contribution in [0.4, 0.5) is 5.69 Å². The molecule has 0 atom stereocenters. The third kappa shape index (κ3) is 4.42. The van der Waals surface area contributed by atoms with E-state index >= 15 is 0 Å². The molecule has 0 bridgehead atoms. The fraction of sp³-hybridized carbons (Fsp3) is 0.250. The molecule has 0 spiro atoms. The van der Waals surface area contributed by atoms with Crippen molar-refractivity contribution < 1.29 is 9.72 Å². The number of hydrogen-bond donors (Lipinski definition) is 1. The zero-order valence-electron chi connectivity index (χ0n) is 11.5. The predicted molar refractivity (Wildman–Crippen MR) is 87.2 cm³/mol. The molecule has 0 unspecified atom stereocenters. The second-order valence-corrected chi connectivity index (χ2v) is 7.62. The fourth-order valence-electron chi connectivity index (χ4n) is 1.61. The fourth-order valence-corrected chi connectivity index (χ4v) is 4.43. The number of amides is 1. The number of carbonyl (C=O) groups is 1. The van der Waals surface area contributed by atoms with E-state index in [2.05, 4.69) is 10.2 Å². The Kier molecular flexibility index (Phi) is 5.75. The van der Waals surface area contributed by atoms with Crippen molar-refractivity contribution in [3.05, 3.63) is 39.4 Å². The lowest BCUT2D eigenvalue weighted by Gasteiger charge is -2.04. The number of rotatable bonds is 7. The maximum Gasteiger partial charge on any atom is 0.272 e. The van der Waals surface area contributed by atoms with Gasteiger partial charge in [0.15, 0.2) is 8.68 Å². The Morgan fingerprint density at radius 1 is 1.36 bits per heavy atom. The highest BCUT2D eigenvalue weighted by Crippen LogP contribution is 2.32. The monoisotopic (exact) mass is 356 g/mol. The average molecular weight is 356 g/mol. The van der Waals surface area contributed by atoms with E-state index in [1.165, 1.54) is 40.9 Å². The Morgan fingerprint density at radius 2 is 2.05 bits per heavy atom. The first-order chi connectivity index (χ1) is 10.5. The van der Waals surface area contributed by atoms with Gasteiger partial charge in [-0.3, -0.25) is 14.9 Å². The van der Waals surface area contributed by atoms with Crippen molar-refractivity contribution in [3.63, 3.8) is 0 Å². The van der Waals surface area contributed by atoms with Crippen LogP contribution in [0.25, 0.3) is 0 Å². The maximum absolute atomic E-state index is 10.9. The first kappa shape index (κ1) is 16.7. The van der Waals surface area contributed by atoms with E-state index in [-0.39, 0.29) is 16.4 Å². The lowest BCUT2D eigenvalue weighted by atomic mass is 10.1. The molecule has 1 aromatic carbocycles. The van der Waals surface area contributed by atoms with Gasteiger partial charge in [0, 0.05) is 17.4 Å². The van der Waals surface area contributed by atoms with Gasteiger partial charge in [-0.2, -0.15) is 0 Å². The Labute approximate surface area is 138 Å². The molecule has 7 nitrogen and oxygen atoms in total. The zero-order chi connectivity index (χ0) is 16.1. The van der Waals surface area contributed by atoms with E-state index in [4.69, 9.17) is 5.73 Å². The summed E-state index contributed by atoms with van der Waals surface area (Å²) in [6.45, 7) is 1.74. The summed E-state index contributed by atoms with van der Waals surface area (Å²) in [5, 5.41) is 18.9. The third-order valence-corrected chi connectivity index (χ3v) is 5.95. The lowest BCUT2D eigenvalue weighted by molar-refractivity contribution is -0.385. The number of nitro groups is 1. The van der Waals surface area contributed by atoms with E-state index in [1.807, 2.05) is 6.07 Å². The number of hydrogen-bond acceptors (Lipinski definition) is 8. The van der Waals surface area contributed by atoms with Gasteiger partial charge < -0.3 is 5.73 Å². The molecule has 2 rings (SSSR count). The molecule has 0 aliphatic heterocycles. The number of carbonyl (C=O) groups excluding carboxylic acids is 1. The standard InChI is InChI=1S/C12H12N4O3S3/c1-7-8(3-2-4-9(7)16(18)19)5-20-11-14-15-12(22-11)21-6-10(13)17/h2-4H,5-6H2,1H3,(H2,13,17). The molecule has 0 saturated heterocycles. The lowest BCUT2D eigenvalue weighted by Crippen LogP contribution is -2.12. The quantitative estimate of drug-likeness (QED) is 0.461. The molecule has 1 aromatic heterocycles. The SMILES string of the molecule is Cc1c(CSc2nnc(SCC(N)=O)s2)cccc1[N+](=O)[O-]. The Hall–Kier alpha value is -1.65. The van der Waals surface area contributed by atoms with Crippen LogP contribution < -0.4 is 5.73 Å². The van der Waals surface area contributed by atoms with Gasteiger partial charge in [-0.25, -0.2) is 0 Å². The van der Waals surface area contributed by atoms with Gasteiger partial charge in [0.2, 0.25) is 5.91 Å². The first-order valence-corrected chi connectivity index (χ1v) is 8.86. The van der Waals surface area contributed by atoms with Gasteiger partial charge in [0.25, 0.3) is 5.69 Å². The van der Waals surface area contributed by atoms with Crippen molar-refractivity contribution in [2.24, 2.45) is 5.73 Å². The minimum Gasteiger partial charge on any atom is -0.369 e. The van der Waals surface area contributed by atoms with E-state index in [0.29, 0.717) is 15.7 Å². The van der Waals surface area contributed by atoms with Gasteiger partial charge in [0.1, 0.15) is 0 Å². The van der Waals surface area contributed by atoms with Gasteiger partial charge in [-0.1, -0.05) is 47.0 Å². The summed E-state index contributed by atoms with van der Waals surface area (Å²) in [5.41, 5.74) is 6.74. The Morgan fingerprint density at radius 3 is 2.68 bits per heavy atom. The van der Waals surface area contributed by atoms with Gasteiger partial charge in [-0.15, -0.1) is 10.2 Å². The van der Waals surface area contributed by atoms with Crippen molar-refractivity contribution in [1.82, 2.24) is 10.2 Å². The highest BCUT2D eigenvalue weighted by molar-refractivity contribution is 8.03. The molecule has 0 aliphatic rings. The van der Waals surface area contributed by atoms with Crippen LogP contribution in [0.1, 0.15) is 11.1 Å². The molecule has 0 saturated carbocycles. The molecular weight excluding hydrogens is 344 g/mol. The second kappa shape index (κ2) is 7.56. The van der Waals surface area contributed by atoms with Crippen LogP contribution in [-0.2, 0) is 10.5 Å². The smallest absolute Gasteiger partial charge is 0.272 e. The normalized spacial score (nSPS) is 10.6. The Balaban J connectivity index is 2.00. The van der Waals surface area contributed by atoms with E-state index < -0.39 is 5.91 Å². The number of benzene rings is 1. The molecule has 2 N–H and O–H groups in total. The summed E-state index contributed by atoms with van der Waals surface area (Å²) < 4.78 is 1.43. The van der Waals surface area contributed by atoms with Crippen molar-refractivity contribution in [3.8, 4) is 0 Å². The molecule has 0 fully saturated rings. The maximum atomic E-state index is 10.9. The van der Waals surface area contributed by atoms with Crippen LogP contribution in [0.2, 0.25) is 0 Å². The summed E-state index contributed by atoms with van der Waals surface area (Å²) in [6, 6.07) is 5.03. The summed E-state index contributed by atoms with van der Waals surface area (Å²) in [6.07, 6.45) is 0. The molecule has 1 heterocycles. The van der Waals surface area contributed by atoms with Crippen LogP contribution in [0.3, 0.4) is 0 Å². The van der Waals surface area contributed by atoms with Crippen LogP contribution >= 0.6 is 34.9 Å². The summed E-state index contributed by atoms with van der Waals surface area (Å²) in [7, 11) is 0. The van der Waals surface area contributed by atoms with Crippen LogP contribution in [-0.4, -0.2) is 26.8 Å². The molecule has 10 heteroatoms. The predicted octanol–water partition coefficient (Wildman–Crippen LogP) is 2.62. The Bertz CT molecular complexity index is 705. The van der Waals surface area contributed by atoms with Crippen LogP contribution in [0.15, 0.2) is 26.9 Å². The van der Waals surface area contributed by atoms with Crippen LogP contribution in [0, 0.1) is 17.0 Å². The molecule has 116 valence electrons. The minimum absolute atomic E-state index is 0.119. The molecule has 0 aliphatic carbocycles. The largest absolute Gasteiger partial charge is 0.369 e. The number of primary amides is 1. The van der Waals surface area contributed by atoms with Crippen molar-refractivity contribution in [2.45, 2.75) is 21.4 Å². The zero-order valence-corrected chi connectivity index (χ0v) is 14.0. The number of thioether (sulfide) groups is 2. The van der Waals surface area contributed by atoms with Crippen LogP contribution in [0.5, 0.6) is 0 Å². The summed E-state index contributed by atoms with van der Waals surface area (Å²) >= 11 is 4.08. The second-order valence-electron chi connectivity index (χ2n) is 4.20. The number of nitrogens with two attached hydrogens (primary N) is 1. The van der Waals surface area contributed by atoms with Gasteiger partial charge in [0.05, 0.1) is 10.7 Å². The molecular formula is C12H12N4O3S3. The molecule has 0 radical (unpaired) electrons. The van der Waals surface area contributed by atoms with E-state index in [1.54, 1.807) is 13.0 Å². The molecule has 1 amide bonds. The topological polar surface area (TPSA) is 112 Å². The minimum atomic E-state index is -0.401. The summed E-state index contributed by atoms with van der Waals surface area (Å²) in [5.74, 6) is 0.341. The van der Waals surface area contributed by atoms with E-state index in [9.17, 15) is 14.9 Å². The van der Waals surface area contributed by atoms with Gasteiger partial charge in [-0.05, 0) is 12.5 Å². The average Bonchev–Trinajstić information content (AvgIpc) is 2.91. The van der Waals surface area contributed by atoms with Gasteiger partial charge >= 0.3 is 0 Å². The van der Waals surface area contributed by atoms with Crippen molar-refractivity contribution in [2.75, 3.05) is 5.75 Å². The third-order valence-electron chi connectivity index (χ3n) is 2.69. The first-order valence-electron chi connectivity index (χ1n) is 6.07.